The second-order valence-electron chi connectivity index (χ2n) is 10.6. The zero-order chi connectivity index (χ0) is 32.4. The molecule has 1 unspecified atom stereocenters. The third-order valence-electron chi connectivity index (χ3n) is 7.57. The number of fused-ring (bicyclic) bond motifs is 2. The molecule has 8 atom stereocenters. The molecule has 6 rings (SSSR count). The van der Waals surface area contributed by atoms with Crippen LogP contribution in [-0.2, 0) is 48.8 Å². The molecule has 2 aliphatic rings. The van der Waals surface area contributed by atoms with Crippen molar-refractivity contribution in [1.82, 2.24) is 38.2 Å². The molecule has 244 valence electrons. The van der Waals surface area contributed by atoms with Gasteiger partial charge in [0, 0.05) is 26.9 Å². The molecular formula is C22H27FN8O11P2S. The van der Waals surface area contributed by atoms with Gasteiger partial charge in [-0.15, -0.1) is 0 Å². The molecule has 0 aromatic carbocycles. The average Bonchev–Trinajstić information content (AvgIpc) is 3.73. The number of halogens is 1. The molecule has 45 heavy (non-hydrogen) atoms. The van der Waals surface area contributed by atoms with E-state index in [2.05, 4.69) is 31.7 Å². The predicted molar refractivity (Wildman–Crippen MR) is 153 cm³/mol. The number of aromatic nitrogens is 8. The van der Waals surface area contributed by atoms with E-state index >= 15 is 4.39 Å². The van der Waals surface area contributed by atoms with Crippen molar-refractivity contribution < 1.29 is 47.1 Å². The molecular weight excluding hydrogens is 665 g/mol. The fourth-order valence-electron chi connectivity index (χ4n) is 5.47. The zero-order valence-electron chi connectivity index (χ0n) is 23.4. The number of phosphoric acid groups is 1. The second kappa shape index (κ2) is 11.8. The summed E-state index contributed by atoms with van der Waals surface area (Å²) in [5, 5.41) is 11.0. The molecule has 4 aromatic heterocycles. The van der Waals surface area contributed by atoms with Gasteiger partial charge < -0.3 is 42.7 Å². The van der Waals surface area contributed by atoms with E-state index in [1.54, 1.807) is 0 Å². The first kappa shape index (κ1) is 32.1. The summed E-state index contributed by atoms with van der Waals surface area (Å²) >= 11 is 4.53. The highest BCUT2D eigenvalue weighted by Crippen LogP contribution is 2.52. The molecule has 0 amide bonds. The number of ether oxygens (including phenoxy) is 1. The van der Waals surface area contributed by atoms with E-state index in [-0.39, 0.29) is 35.2 Å². The third kappa shape index (κ3) is 6.18. The van der Waals surface area contributed by atoms with Gasteiger partial charge in [-0.25, -0.2) is 28.9 Å². The number of hydrogen-bond donors (Lipinski definition) is 4. The number of imidazole rings is 2. The van der Waals surface area contributed by atoms with Crippen molar-refractivity contribution in [2.45, 2.75) is 55.7 Å². The molecule has 0 spiro atoms. The fourth-order valence-corrected chi connectivity index (χ4v) is 7.35. The molecule has 4 aromatic rings. The normalized spacial score (nSPS) is 28.7. The summed E-state index contributed by atoms with van der Waals surface area (Å²) in [7, 11) is -2.07. The minimum atomic E-state index is -5.03. The summed E-state index contributed by atoms with van der Waals surface area (Å²) in [4.78, 5) is 71.2. The van der Waals surface area contributed by atoms with E-state index in [1.807, 2.05) is 0 Å². The van der Waals surface area contributed by atoms with Crippen LogP contribution in [0.3, 0.4) is 0 Å². The summed E-state index contributed by atoms with van der Waals surface area (Å²) in [6.45, 7) is -4.91. The largest absolute Gasteiger partial charge is 0.472 e. The van der Waals surface area contributed by atoms with Gasteiger partial charge in [0.1, 0.15) is 18.4 Å². The van der Waals surface area contributed by atoms with Crippen LogP contribution in [0.1, 0.15) is 25.1 Å². The van der Waals surface area contributed by atoms with Crippen molar-refractivity contribution in [1.29, 1.82) is 0 Å². The topological polar surface area (TPSA) is 240 Å². The van der Waals surface area contributed by atoms with Crippen LogP contribution in [0, 0.1) is 0 Å². The van der Waals surface area contributed by atoms with Gasteiger partial charge in [-0.2, -0.15) is 0 Å². The Morgan fingerprint density at radius 2 is 1.53 bits per heavy atom. The number of phosphoric ester groups is 1. The van der Waals surface area contributed by atoms with Gasteiger partial charge in [-0.05, 0) is 11.8 Å². The standard InChI is InChI=1S/C22H27FN8O11P2S/c1-28-6-26-18-14(20(28)33)24-8-30(18)12-4-13(41-44(37,38)45)16(32)17(12)42-43(35,36)39-5-10-3-11(23)22(40-10)31-9-25-15-19(31)27-7-29(2)21(15)34/h6-13,16-17,22,32H,3-5H2,1-2H3,(H,35,36)(H2,37,38,45)/t10-,11+,12+,13-,16+,17-,22+/m0/s1. The van der Waals surface area contributed by atoms with Crippen LogP contribution in [-0.4, -0.2) is 95.2 Å². The number of nitrogens with zero attached hydrogens (tertiary/aromatic N) is 8. The summed E-state index contributed by atoms with van der Waals surface area (Å²) in [6, 6.07) is -1.07. The fraction of sp³-hybridized carbons (Fsp3) is 0.545. The first-order valence-electron chi connectivity index (χ1n) is 13.3. The molecule has 0 radical (unpaired) electrons. The van der Waals surface area contributed by atoms with Crippen LogP contribution in [0.25, 0.3) is 22.3 Å². The Hall–Kier alpha value is -2.81. The number of hydrogen-bond acceptors (Lipinski definition) is 13. The Labute approximate surface area is 256 Å². The molecule has 23 heteroatoms. The molecule has 19 nitrogen and oxygen atoms in total. The molecule has 1 aliphatic carbocycles. The number of aliphatic hydroxyl groups is 1. The first-order chi connectivity index (χ1) is 21.1. The van der Waals surface area contributed by atoms with Crippen molar-refractivity contribution in [2.24, 2.45) is 14.1 Å². The lowest BCUT2D eigenvalue weighted by Crippen LogP contribution is -2.34. The van der Waals surface area contributed by atoms with Gasteiger partial charge in [0.05, 0.1) is 50.2 Å². The molecule has 1 saturated heterocycles. The minimum Gasteiger partial charge on any atom is -0.388 e. The van der Waals surface area contributed by atoms with Crippen LogP contribution in [0.5, 0.6) is 0 Å². The Bertz CT molecular complexity index is 1980. The maximum absolute atomic E-state index is 15.0. The van der Waals surface area contributed by atoms with Gasteiger partial charge in [0.25, 0.3) is 11.1 Å². The highest BCUT2D eigenvalue weighted by Gasteiger charge is 2.50. The summed E-state index contributed by atoms with van der Waals surface area (Å²) in [5.41, 5.74) is -0.796. The van der Waals surface area contributed by atoms with Gasteiger partial charge >= 0.3 is 14.5 Å². The Morgan fingerprint density at radius 1 is 0.956 bits per heavy atom. The van der Waals surface area contributed by atoms with E-state index in [1.165, 1.54) is 57.7 Å². The molecule has 1 aliphatic heterocycles. The van der Waals surface area contributed by atoms with Crippen LogP contribution >= 0.6 is 14.5 Å². The van der Waals surface area contributed by atoms with Crippen molar-refractivity contribution in [2.75, 3.05) is 6.61 Å². The Kier molecular flexibility index (Phi) is 8.41. The van der Waals surface area contributed by atoms with Gasteiger partial charge in [0.2, 0.25) is 0 Å². The summed E-state index contributed by atoms with van der Waals surface area (Å²) in [5.74, 6) is 0. The van der Waals surface area contributed by atoms with E-state index in [4.69, 9.17) is 18.3 Å². The first-order valence-corrected chi connectivity index (χ1v) is 17.4. The summed E-state index contributed by atoms with van der Waals surface area (Å²) < 4.78 is 54.4. The highest BCUT2D eigenvalue weighted by atomic mass is 32.5. The molecule has 0 bridgehead atoms. The lowest BCUT2D eigenvalue weighted by Gasteiger charge is -2.26. The van der Waals surface area contributed by atoms with Gasteiger partial charge in [-0.1, -0.05) is 0 Å². The quantitative estimate of drug-likeness (QED) is 0.159. The third-order valence-corrected chi connectivity index (χ3v) is 9.36. The maximum Gasteiger partial charge on any atom is 0.472 e. The number of aliphatic hydroxyl groups excluding tert-OH is 1. The number of aryl methyl sites for hydroxylation is 2. The number of alkyl halides is 1. The molecule has 1 saturated carbocycles. The Morgan fingerprint density at radius 3 is 2.13 bits per heavy atom. The van der Waals surface area contributed by atoms with Crippen LogP contribution in [0.2, 0.25) is 0 Å². The number of rotatable bonds is 9. The predicted octanol–water partition coefficient (Wildman–Crippen LogP) is -0.699. The minimum absolute atomic E-state index is 0.00904. The maximum atomic E-state index is 15.0. The second-order valence-corrected chi connectivity index (χ2v) is 14.7. The molecule has 2 fully saturated rings. The van der Waals surface area contributed by atoms with Crippen molar-refractivity contribution in [3.05, 3.63) is 46.0 Å². The Balaban J connectivity index is 1.19. The molecule has 5 heterocycles. The van der Waals surface area contributed by atoms with Gasteiger partial charge in [0.15, 0.2) is 28.6 Å². The molecule has 4 N–H and O–H groups in total. The monoisotopic (exact) mass is 692 g/mol. The van der Waals surface area contributed by atoms with Crippen molar-refractivity contribution >= 4 is 48.7 Å². The van der Waals surface area contributed by atoms with E-state index in [0.717, 1.165) is 0 Å². The summed E-state index contributed by atoms with van der Waals surface area (Å²) in [6.07, 6.45) is -4.16. The SMILES string of the molecule is Cn1cnc2c(ncn2[C@@H]2C[C@H](OP(O)(O)=S)[C@@H](O)[C@H]2OP(=O)(O)OC[C@@H]2C[C@@H](F)[C@H](n3cnc4c(=O)n(C)cnc43)O2)c1=O. The highest BCUT2D eigenvalue weighted by molar-refractivity contribution is 8.06. The van der Waals surface area contributed by atoms with Gasteiger partial charge in [-0.3, -0.25) is 23.2 Å². The lowest BCUT2D eigenvalue weighted by atomic mass is 10.2. The smallest absolute Gasteiger partial charge is 0.388 e. The van der Waals surface area contributed by atoms with E-state index < -0.39 is 75.1 Å². The van der Waals surface area contributed by atoms with Crippen molar-refractivity contribution in [3.8, 4) is 0 Å². The van der Waals surface area contributed by atoms with Crippen LogP contribution < -0.4 is 11.1 Å². The van der Waals surface area contributed by atoms with Crippen LogP contribution in [0.15, 0.2) is 34.9 Å². The van der Waals surface area contributed by atoms with Crippen LogP contribution in [0.4, 0.5) is 4.39 Å². The van der Waals surface area contributed by atoms with Crippen molar-refractivity contribution in [3.63, 3.8) is 0 Å². The average molecular weight is 693 g/mol. The lowest BCUT2D eigenvalue weighted by molar-refractivity contribution is -0.0465. The van der Waals surface area contributed by atoms with E-state index in [9.17, 15) is 33.9 Å². The zero-order valence-corrected chi connectivity index (χ0v) is 26.0. The van der Waals surface area contributed by atoms with E-state index in [0.29, 0.717) is 0 Å².